The van der Waals surface area contributed by atoms with Crippen LogP contribution in [0.3, 0.4) is 0 Å². The Morgan fingerprint density at radius 1 is 1.00 bits per heavy atom. The zero-order valence-corrected chi connectivity index (χ0v) is 28.8. The molecule has 0 spiro atoms. The van der Waals surface area contributed by atoms with Gasteiger partial charge < -0.3 is 25.1 Å². The molecule has 3 amide bonds. The first kappa shape index (κ1) is 33.3. The smallest absolute Gasteiger partial charge is 0.243 e. The van der Waals surface area contributed by atoms with Crippen LogP contribution in [-0.2, 0) is 34.4 Å². The normalized spacial score (nSPS) is 18.1. The highest BCUT2D eigenvalue weighted by atomic mass is 32.2. The van der Waals surface area contributed by atoms with Crippen LogP contribution in [0.25, 0.3) is 21.8 Å². The Kier molecular flexibility index (Phi) is 10.2. The number of aryl methyl sites for hydroxylation is 2. The summed E-state index contributed by atoms with van der Waals surface area (Å²) in [5.41, 5.74) is 3.05. The van der Waals surface area contributed by atoms with Crippen LogP contribution in [0, 0.1) is 12.8 Å². The molecule has 252 valence electrons. The van der Waals surface area contributed by atoms with Crippen LogP contribution in [0.2, 0.25) is 0 Å². The summed E-state index contributed by atoms with van der Waals surface area (Å²) < 4.78 is 3.91. The van der Waals surface area contributed by atoms with Crippen LogP contribution < -0.4 is 10.6 Å². The molecule has 2 atom stereocenters. The molecule has 1 aliphatic heterocycles. The fraction of sp³-hybridized carbons (Fsp3) is 0.417. The number of amides is 3. The molecule has 3 aromatic heterocycles. The molecule has 0 saturated carbocycles. The summed E-state index contributed by atoms with van der Waals surface area (Å²) in [6, 6.07) is 14.9. The Bertz CT molecular complexity index is 1920. The van der Waals surface area contributed by atoms with E-state index >= 15 is 0 Å². The van der Waals surface area contributed by atoms with Gasteiger partial charge in [0.1, 0.15) is 17.7 Å². The van der Waals surface area contributed by atoms with E-state index in [1.165, 1.54) is 11.8 Å². The number of carbonyl (C=O) groups is 3. The molecule has 0 saturated heterocycles. The quantitative estimate of drug-likeness (QED) is 0.212. The van der Waals surface area contributed by atoms with E-state index in [1.807, 2.05) is 66.1 Å². The van der Waals surface area contributed by atoms with E-state index < -0.39 is 12.1 Å². The van der Waals surface area contributed by atoms with Crippen LogP contribution in [0.5, 0.6) is 0 Å². The maximum Gasteiger partial charge on any atom is 0.243 e. The number of para-hydroxylation sites is 2. The number of thioether (sulfide) groups is 1. The van der Waals surface area contributed by atoms with E-state index in [2.05, 4.69) is 57.5 Å². The lowest BCUT2D eigenvalue weighted by Gasteiger charge is -2.27. The summed E-state index contributed by atoms with van der Waals surface area (Å²) >= 11 is 1.53. The van der Waals surface area contributed by atoms with Crippen molar-refractivity contribution < 1.29 is 14.4 Å². The van der Waals surface area contributed by atoms with E-state index in [9.17, 15) is 14.4 Å². The van der Waals surface area contributed by atoms with Gasteiger partial charge in [-0.1, -0.05) is 50.2 Å². The third-order valence-electron chi connectivity index (χ3n) is 8.87. The van der Waals surface area contributed by atoms with E-state index in [-0.39, 0.29) is 35.8 Å². The monoisotopic (exact) mass is 668 g/mol. The number of fused-ring (bicyclic) bond motifs is 3. The largest absolute Gasteiger partial charge is 0.361 e. The molecule has 2 aromatic carbocycles. The third-order valence-corrected chi connectivity index (χ3v) is 9.90. The van der Waals surface area contributed by atoms with Crippen molar-refractivity contribution >= 4 is 51.3 Å². The Morgan fingerprint density at radius 3 is 2.58 bits per heavy atom. The van der Waals surface area contributed by atoms with Gasteiger partial charge in [-0.2, -0.15) is 5.10 Å². The van der Waals surface area contributed by atoms with Crippen LogP contribution in [0.1, 0.15) is 56.4 Å². The highest BCUT2D eigenvalue weighted by molar-refractivity contribution is 8.00. The molecule has 1 aliphatic rings. The second-order valence-electron chi connectivity index (χ2n) is 13.0. The van der Waals surface area contributed by atoms with Crippen molar-refractivity contribution in [1.82, 2.24) is 39.8 Å². The molecule has 12 heteroatoms. The fourth-order valence-electron chi connectivity index (χ4n) is 6.52. The number of benzene rings is 2. The third kappa shape index (κ3) is 7.59. The lowest BCUT2D eigenvalue weighted by Crippen LogP contribution is -2.49. The summed E-state index contributed by atoms with van der Waals surface area (Å²) in [5.74, 6) is 1.32. The van der Waals surface area contributed by atoms with Crippen LogP contribution >= 0.6 is 11.8 Å². The Balaban J connectivity index is 1.25. The molecule has 48 heavy (non-hydrogen) atoms. The average Bonchev–Trinajstić information content (AvgIpc) is 3.75. The lowest BCUT2D eigenvalue weighted by molar-refractivity contribution is -0.130. The number of aromatic nitrogens is 5. The van der Waals surface area contributed by atoms with Crippen molar-refractivity contribution in [2.75, 3.05) is 18.8 Å². The molecule has 3 N–H and O–H groups in total. The molecule has 5 aromatic rings. The number of hydrogen-bond donors (Lipinski definition) is 3. The van der Waals surface area contributed by atoms with Gasteiger partial charge in [0.05, 0.1) is 18.3 Å². The number of rotatable bonds is 7. The van der Waals surface area contributed by atoms with Gasteiger partial charge in [-0.3, -0.25) is 14.4 Å². The summed E-state index contributed by atoms with van der Waals surface area (Å²) in [4.78, 5) is 52.0. The van der Waals surface area contributed by atoms with Crippen molar-refractivity contribution in [3.05, 3.63) is 78.1 Å². The zero-order valence-electron chi connectivity index (χ0n) is 28.0. The summed E-state index contributed by atoms with van der Waals surface area (Å²) in [7, 11) is 2.01. The van der Waals surface area contributed by atoms with Gasteiger partial charge >= 0.3 is 0 Å². The molecular weight excluding hydrogens is 625 g/mol. The number of hydrogen-bond acceptors (Lipinski definition) is 6. The van der Waals surface area contributed by atoms with E-state index in [0.717, 1.165) is 32.3 Å². The number of aromatic amines is 1. The van der Waals surface area contributed by atoms with Gasteiger partial charge in [-0.15, -0.1) is 11.8 Å². The molecule has 0 bridgehead atoms. The zero-order chi connectivity index (χ0) is 33.8. The SMILES string of the molecule is Cc1nc2n(n1)CCN(C(=O)CSc1cn(C)c3ccccc13)CCCC(=O)N[C@H](Cc1c[nH]c3ccccc13)C(=O)NC2CC(C)C. The topological polar surface area (TPSA) is 130 Å². The van der Waals surface area contributed by atoms with Crippen molar-refractivity contribution in [3.8, 4) is 0 Å². The standard InChI is InChI=1S/C36H44N8O3S/c1-23(2)18-29-35-38-24(3)41-44(35)17-16-43(34(46)22-48-32-21-42(4)31-13-8-6-11-27(31)32)15-9-14-33(45)39-30(36(47)40-29)19-25-20-37-28-12-7-5-10-26(25)28/h5-8,10-13,20-21,23,29-30,37H,9,14-19,22H2,1-4H3,(H,39,45)(H,40,47)/t29?,30-/m1/s1. The second kappa shape index (κ2) is 14.7. The first-order valence-corrected chi connectivity index (χ1v) is 17.7. The molecule has 1 unspecified atom stereocenters. The minimum absolute atomic E-state index is 0.00284. The van der Waals surface area contributed by atoms with Crippen LogP contribution in [0.4, 0.5) is 0 Å². The average molecular weight is 669 g/mol. The van der Waals surface area contributed by atoms with Gasteiger partial charge in [-0.25, -0.2) is 9.67 Å². The van der Waals surface area contributed by atoms with Gasteiger partial charge in [0.15, 0.2) is 0 Å². The number of H-pyrrole nitrogens is 1. The molecule has 0 radical (unpaired) electrons. The molecular formula is C36H44N8O3S. The van der Waals surface area contributed by atoms with Crippen molar-refractivity contribution in [1.29, 1.82) is 0 Å². The first-order chi connectivity index (χ1) is 23.2. The summed E-state index contributed by atoms with van der Waals surface area (Å²) in [5, 5.41) is 13.1. The number of nitrogens with one attached hydrogen (secondary N) is 3. The van der Waals surface area contributed by atoms with E-state index in [1.54, 1.807) is 0 Å². The first-order valence-electron chi connectivity index (χ1n) is 16.7. The molecule has 0 aliphatic carbocycles. The second-order valence-corrected chi connectivity index (χ2v) is 14.0. The Hall–Kier alpha value is -4.58. The van der Waals surface area contributed by atoms with Gasteiger partial charge in [-0.05, 0) is 43.4 Å². The number of carbonyl (C=O) groups excluding carboxylic acids is 3. The van der Waals surface area contributed by atoms with E-state index in [0.29, 0.717) is 50.5 Å². The van der Waals surface area contributed by atoms with E-state index in [4.69, 9.17) is 4.98 Å². The number of nitrogens with zero attached hydrogens (tertiary/aromatic N) is 5. The molecule has 4 heterocycles. The van der Waals surface area contributed by atoms with Gasteiger partial charge in [0, 0.05) is 72.1 Å². The Labute approximate surface area is 284 Å². The lowest BCUT2D eigenvalue weighted by atomic mass is 10.0. The minimum atomic E-state index is -0.790. The highest BCUT2D eigenvalue weighted by Gasteiger charge is 2.29. The van der Waals surface area contributed by atoms with Crippen molar-refractivity contribution in [3.63, 3.8) is 0 Å². The molecule has 6 rings (SSSR count). The van der Waals surface area contributed by atoms with Gasteiger partial charge in [0.2, 0.25) is 17.7 Å². The summed E-state index contributed by atoms with van der Waals surface area (Å²) in [6.45, 7) is 7.30. The van der Waals surface area contributed by atoms with Crippen LogP contribution in [-0.4, -0.2) is 71.8 Å². The van der Waals surface area contributed by atoms with Crippen molar-refractivity contribution in [2.45, 2.75) is 70.0 Å². The predicted molar refractivity (Wildman–Crippen MR) is 188 cm³/mol. The summed E-state index contributed by atoms with van der Waals surface area (Å²) in [6.07, 6.45) is 5.61. The maximum absolute atomic E-state index is 14.0. The predicted octanol–water partition coefficient (Wildman–Crippen LogP) is 4.91. The van der Waals surface area contributed by atoms with Crippen LogP contribution in [0.15, 0.2) is 65.8 Å². The van der Waals surface area contributed by atoms with Crippen molar-refractivity contribution in [2.24, 2.45) is 13.0 Å². The highest BCUT2D eigenvalue weighted by Crippen LogP contribution is 2.30. The molecule has 11 nitrogen and oxygen atoms in total. The minimum Gasteiger partial charge on any atom is -0.361 e. The molecule has 0 fully saturated rings. The maximum atomic E-state index is 14.0. The Morgan fingerprint density at radius 2 is 1.77 bits per heavy atom. The fourth-order valence-corrected chi connectivity index (χ4v) is 7.54. The van der Waals surface area contributed by atoms with Gasteiger partial charge in [0.25, 0.3) is 0 Å².